The van der Waals surface area contributed by atoms with Crippen molar-refractivity contribution in [3.05, 3.63) is 63.2 Å². The summed E-state index contributed by atoms with van der Waals surface area (Å²) in [5, 5.41) is 17.2. The Balaban J connectivity index is 1.68. The standard InChI is InChI=1S/C20H20N4O3S2/c1-3-4-5-13-7-9-15-17(10-13)29-20(21-15)23-19(28)22-18(25)14-8-6-12(2)16(11-14)24(26)27/h6-11H,3-5H2,1-2H3,(H2,21,22,23,25,28). The van der Waals surface area contributed by atoms with Crippen LogP contribution in [0.3, 0.4) is 0 Å². The van der Waals surface area contributed by atoms with E-state index in [-0.39, 0.29) is 16.4 Å². The Kier molecular flexibility index (Phi) is 6.50. The van der Waals surface area contributed by atoms with E-state index in [1.165, 1.54) is 35.1 Å². The molecule has 0 spiro atoms. The number of fused-ring (bicyclic) bond motifs is 1. The number of rotatable bonds is 6. The quantitative estimate of drug-likeness (QED) is 0.326. The van der Waals surface area contributed by atoms with Gasteiger partial charge in [0.2, 0.25) is 0 Å². The smallest absolute Gasteiger partial charge is 0.273 e. The number of unbranched alkanes of at least 4 members (excludes halogenated alkanes) is 1. The van der Waals surface area contributed by atoms with Crippen molar-refractivity contribution in [1.82, 2.24) is 10.3 Å². The zero-order valence-electron chi connectivity index (χ0n) is 16.0. The maximum Gasteiger partial charge on any atom is 0.273 e. The molecule has 1 heterocycles. The number of anilines is 1. The predicted molar refractivity (Wildman–Crippen MR) is 120 cm³/mol. The van der Waals surface area contributed by atoms with Crippen LogP contribution in [0.25, 0.3) is 10.2 Å². The highest BCUT2D eigenvalue weighted by molar-refractivity contribution is 7.80. The Morgan fingerprint density at radius 2 is 2.07 bits per heavy atom. The number of aromatic nitrogens is 1. The number of nitrogens with zero attached hydrogens (tertiary/aromatic N) is 2. The van der Waals surface area contributed by atoms with Gasteiger partial charge >= 0.3 is 0 Å². The molecular formula is C20H20N4O3S2. The molecule has 29 heavy (non-hydrogen) atoms. The number of nitrogens with one attached hydrogen (secondary N) is 2. The molecule has 7 nitrogen and oxygen atoms in total. The lowest BCUT2D eigenvalue weighted by Crippen LogP contribution is -2.34. The molecule has 0 aliphatic rings. The number of carbonyl (C=O) groups excluding carboxylic acids is 1. The van der Waals surface area contributed by atoms with E-state index in [0.29, 0.717) is 10.7 Å². The summed E-state index contributed by atoms with van der Waals surface area (Å²) < 4.78 is 1.05. The lowest BCUT2D eigenvalue weighted by atomic mass is 10.1. The molecule has 0 fully saturated rings. The summed E-state index contributed by atoms with van der Waals surface area (Å²) in [7, 11) is 0. The third kappa shape index (κ3) is 5.12. The van der Waals surface area contributed by atoms with Gasteiger partial charge in [0.25, 0.3) is 11.6 Å². The predicted octanol–water partition coefficient (Wildman–Crippen LogP) is 4.98. The lowest BCUT2D eigenvalue weighted by Gasteiger charge is -2.07. The van der Waals surface area contributed by atoms with Crippen LogP contribution in [-0.4, -0.2) is 20.9 Å². The summed E-state index contributed by atoms with van der Waals surface area (Å²) in [6.07, 6.45) is 3.32. The van der Waals surface area contributed by atoms with Gasteiger partial charge in [0.1, 0.15) is 0 Å². The minimum atomic E-state index is -0.520. The second-order valence-corrected chi connectivity index (χ2v) is 8.03. The number of thiazole rings is 1. The van der Waals surface area contributed by atoms with Crippen molar-refractivity contribution in [3.63, 3.8) is 0 Å². The van der Waals surface area contributed by atoms with Gasteiger partial charge in [0.15, 0.2) is 10.2 Å². The SMILES string of the molecule is CCCCc1ccc2nc(NC(=S)NC(=O)c3ccc(C)c([N+](=O)[O-])c3)sc2c1. The van der Waals surface area contributed by atoms with Crippen LogP contribution in [0.4, 0.5) is 10.8 Å². The van der Waals surface area contributed by atoms with Crippen molar-refractivity contribution in [2.75, 3.05) is 5.32 Å². The van der Waals surface area contributed by atoms with Crippen LogP contribution in [0.15, 0.2) is 36.4 Å². The first-order valence-electron chi connectivity index (χ1n) is 9.14. The van der Waals surface area contributed by atoms with Crippen LogP contribution in [0, 0.1) is 17.0 Å². The van der Waals surface area contributed by atoms with Crippen LogP contribution in [0.5, 0.6) is 0 Å². The first kappa shape index (κ1) is 20.8. The normalized spacial score (nSPS) is 10.7. The molecule has 1 aromatic heterocycles. The minimum Gasteiger partial charge on any atom is -0.308 e. The van der Waals surface area contributed by atoms with Gasteiger partial charge in [-0.1, -0.05) is 36.8 Å². The molecule has 0 bridgehead atoms. The van der Waals surface area contributed by atoms with Gasteiger partial charge in [-0.25, -0.2) is 4.98 Å². The summed E-state index contributed by atoms with van der Waals surface area (Å²) in [6.45, 7) is 3.78. The van der Waals surface area contributed by atoms with Gasteiger partial charge in [-0.3, -0.25) is 20.2 Å². The van der Waals surface area contributed by atoms with Crippen molar-refractivity contribution in [1.29, 1.82) is 0 Å². The van der Waals surface area contributed by atoms with Crippen LogP contribution in [-0.2, 0) is 6.42 Å². The number of hydrogen-bond acceptors (Lipinski definition) is 6. The number of nitro benzene ring substituents is 1. The number of carbonyl (C=O) groups is 1. The van der Waals surface area contributed by atoms with Crippen LogP contribution in [0.2, 0.25) is 0 Å². The molecule has 0 radical (unpaired) electrons. The Hall–Kier alpha value is -2.91. The van der Waals surface area contributed by atoms with E-state index in [4.69, 9.17) is 12.2 Å². The number of thiocarbonyl (C=S) groups is 1. The zero-order valence-corrected chi connectivity index (χ0v) is 17.7. The maximum absolute atomic E-state index is 12.4. The molecule has 2 N–H and O–H groups in total. The first-order valence-corrected chi connectivity index (χ1v) is 10.4. The van der Waals surface area contributed by atoms with E-state index in [9.17, 15) is 14.9 Å². The first-order chi connectivity index (χ1) is 13.9. The average molecular weight is 429 g/mol. The van der Waals surface area contributed by atoms with Gasteiger partial charge < -0.3 is 5.32 Å². The van der Waals surface area contributed by atoms with Crippen molar-refractivity contribution < 1.29 is 9.72 Å². The molecular weight excluding hydrogens is 408 g/mol. The van der Waals surface area contributed by atoms with Gasteiger partial charge in [-0.2, -0.15) is 0 Å². The van der Waals surface area contributed by atoms with E-state index in [1.807, 2.05) is 6.07 Å². The molecule has 9 heteroatoms. The van der Waals surface area contributed by atoms with Crippen LogP contribution >= 0.6 is 23.6 Å². The van der Waals surface area contributed by atoms with Crippen LogP contribution < -0.4 is 10.6 Å². The molecule has 0 atom stereocenters. The van der Waals surface area contributed by atoms with E-state index < -0.39 is 10.8 Å². The van der Waals surface area contributed by atoms with Crippen molar-refractivity contribution >= 4 is 55.6 Å². The zero-order chi connectivity index (χ0) is 21.0. The highest BCUT2D eigenvalue weighted by Gasteiger charge is 2.16. The Labute approximate surface area is 177 Å². The van der Waals surface area contributed by atoms with Gasteiger partial charge in [-0.05, 0) is 55.7 Å². The fourth-order valence-electron chi connectivity index (χ4n) is 2.81. The van der Waals surface area contributed by atoms with E-state index >= 15 is 0 Å². The summed E-state index contributed by atoms with van der Waals surface area (Å²) in [5.74, 6) is -0.520. The van der Waals surface area contributed by atoms with Crippen molar-refractivity contribution in [3.8, 4) is 0 Å². The number of hydrogen-bond donors (Lipinski definition) is 2. The van der Waals surface area contributed by atoms with Gasteiger partial charge in [0.05, 0.1) is 15.1 Å². The van der Waals surface area contributed by atoms with Gasteiger partial charge in [-0.15, -0.1) is 0 Å². The molecule has 3 rings (SSSR count). The largest absolute Gasteiger partial charge is 0.308 e. The second kappa shape index (κ2) is 9.06. The molecule has 0 aliphatic carbocycles. The Bertz CT molecular complexity index is 1090. The second-order valence-electron chi connectivity index (χ2n) is 6.59. The highest BCUT2D eigenvalue weighted by atomic mass is 32.1. The molecule has 2 aromatic carbocycles. The van der Waals surface area contributed by atoms with Gasteiger partial charge in [0, 0.05) is 17.2 Å². The minimum absolute atomic E-state index is 0.0866. The molecule has 150 valence electrons. The average Bonchev–Trinajstić information content (AvgIpc) is 3.07. The van der Waals surface area contributed by atoms with Crippen molar-refractivity contribution in [2.45, 2.75) is 33.1 Å². The third-order valence-electron chi connectivity index (χ3n) is 4.39. The Morgan fingerprint density at radius 1 is 1.28 bits per heavy atom. The topological polar surface area (TPSA) is 97.2 Å². The summed E-state index contributed by atoms with van der Waals surface area (Å²) in [6, 6.07) is 10.5. The molecule has 0 aliphatic heterocycles. The molecule has 0 unspecified atom stereocenters. The summed E-state index contributed by atoms with van der Waals surface area (Å²) in [5.41, 5.74) is 2.67. The van der Waals surface area contributed by atoms with Crippen LogP contribution in [0.1, 0.15) is 41.3 Å². The number of amides is 1. The molecule has 0 saturated carbocycles. The molecule has 0 saturated heterocycles. The number of aryl methyl sites for hydroxylation is 2. The van der Waals surface area contributed by atoms with E-state index in [0.717, 1.165) is 29.5 Å². The van der Waals surface area contributed by atoms with Crippen molar-refractivity contribution in [2.24, 2.45) is 0 Å². The monoisotopic (exact) mass is 428 g/mol. The van der Waals surface area contributed by atoms with E-state index in [2.05, 4.69) is 34.7 Å². The lowest BCUT2D eigenvalue weighted by molar-refractivity contribution is -0.385. The number of benzene rings is 2. The highest BCUT2D eigenvalue weighted by Crippen LogP contribution is 2.27. The van der Waals surface area contributed by atoms with E-state index in [1.54, 1.807) is 6.92 Å². The third-order valence-corrected chi connectivity index (χ3v) is 5.53. The maximum atomic E-state index is 12.4. The molecule has 1 amide bonds. The fourth-order valence-corrected chi connectivity index (χ4v) is 4.00. The Morgan fingerprint density at radius 3 is 2.79 bits per heavy atom. The fraction of sp³-hybridized carbons (Fsp3) is 0.250. The summed E-state index contributed by atoms with van der Waals surface area (Å²) >= 11 is 6.65. The number of nitro groups is 1. The summed E-state index contributed by atoms with van der Waals surface area (Å²) in [4.78, 5) is 27.4. The molecule has 3 aromatic rings.